The van der Waals surface area contributed by atoms with Crippen LogP contribution in [0.5, 0.6) is 11.5 Å². The summed E-state index contributed by atoms with van der Waals surface area (Å²) in [6.45, 7) is -0.505. The monoisotopic (exact) mass is 486 g/mol. The lowest BCUT2D eigenvalue weighted by Gasteiger charge is -2.12. The molecule has 11 heteroatoms. The van der Waals surface area contributed by atoms with Crippen molar-refractivity contribution in [3.05, 3.63) is 63.1 Å². The zero-order chi connectivity index (χ0) is 21.9. The number of amides is 1. The number of hydrogen-bond acceptors (Lipinski definition) is 7. The highest BCUT2D eigenvalue weighted by Gasteiger charge is 2.14. The summed E-state index contributed by atoms with van der Waals surface area (Å²) in [5, 5.41) is 12.6. The molecular formula is C19H16Cl2N2O5S2. The van der Waals surface area contributed by atoms with Gasteiger partial charge in [0.1, 0.15) is 11.5 Å². The van der Waals surface area contributed by atoms with E-state index in [4.69, 9.17) is 27.9 Å². The number of carbonyl (C=O) groups excluding carboxylic acids is 1. The number of benzene rings is 2. The third kappa shape index (κ3) is 5.85. The maximum absolute atomic E-state index is 11.6. The van der Waals surface area contributed by atoms with Crippen molar-refractivity contribution in [1.82, 2.24) is 9.10 Å². The molecule has 0 bridgehead atoms. The van der Waals surface area contributed by atoms with Gasteiger partial charge in [-0.05, 0) is 46.9 Å². The Morgan fingerprint density at radius 1 is 1.23 bits per heavy atom. The zero-order valence-corrected chi connectivity index (χ0v) is 18.7. The first-order valence-electron chi connectivity index (χ1n) is 8.45. The molecule has 0 aliphatic carbocycles. The lowest BCUT2D eigenvalue weighted by Crippen LogP contribution is -2.33. The minimum atomic E-state index is -3.66. The van der Waals surface area contributed by atoms with Gasteiger partial charge < -0.3 is 9.84 Å². The van der Waals surface area contributed by atoms with E-state index < -0.39 is 22.5 Å². The Kier molecular flexibility index (Phi) is 6.87. The minimum absolute atomic E-state index is 0.146. The quantitative estimate of drug-likeness (QED) is 0.524. The fourth-order valence-corrected chi connectivity index (χ4v) is 4.29. The molecule has 3 aromatic rings. The maximum atomic E-state index is 11.6. The van der Waals surface area contributed by atoms with Crippen molar-refractivity contribution in [2.24, 2.45) is 0 Å². The SMILES string of the molecule is CS(=O)(=O)NC(=O)COc1cc(Cl)c(Cc2ccc(O)c(-c3cnsc3)c2)c(Cl)c1. The Labute approximate surface area is 187 Å². The number of phenolic OH excluding ortho intramolecular Hbond substituents is 1. The molecule has 7 nitrogen and oxygen atoms in total. The number of nitrogens with one attached hydrogen (secondary N) is 1. The highest BCUT2D eigenvalue weighted by Crippen LogP contribution is 2.35. The number of aromatic hydroxyl groups is 1. The summed E-state index contributed by atoms with van der Waals surface area (Å²) in [6.07, 6.45) is 2.95. The number of hydrogen-bond donors (Lipinski definition) is 2. The highest BCUT2D eigenvalue weighted by molar-refractivity contribution is 7.89. The van der Waals surface area contributed by atoms with Crippen LogP contribution in [0, 0.1) is 0 Å². The van der Waals surface area contributed by atoms with E-state index in [1.54, 1.807) is 23.1 Å². The van der Waals surface area contributed by atoms with Crippen LogP contribution in [-0.4, -0.2) is 36.7 Å². The highest BCUT2D eigenvalue weighted by atomic mass is 35.5. The van der Waals surface area contributed by atoms with E-state index in [1.165, 1.54) is 23.7 Å². The molecule has 0 fully saturated rings. The van der Waals surface area contributed by atoms with Gasteiger partial charge in [0.25, 0.3) is 5.91 Å². The third-order valence-corrected chi connectivity index (χ3v) is 5.83. The fourth-order valence-electron chi connectivity index (χ4n) is 2.68. The number of phenols is 1. The zero-order valence-electron chi connectivity index (χ0n) is 15.6. The number of carbonyl (C=O) groups is 1. The second kappa shape index (κ2) is 9.22. The van der Waals surface area contributed by atoms with Crippen LogP contribution in [-0.2, 0) is 21.2 Å². The lowest BCUT2D eigenvalue weighted by molar-refractivity contribution is -0.121. The van der Waals surface area contributed by atoms with Crippen LogP contribution in [0.15, 0.2) is 41.9 Å². The summed E-state index contributed by atoms with van der Waals surface area (Å²) in [5.74, 6) is -0.436. The molecule has 158 valence electrons. The van der Waals surface area contributed by atoms with Crippen molar-refractivity contribution in [1.29, 1.82) is 0 Å². The molecule has 0 saturated carbocycles. The molecule has 1 heterocycles. The Balaban J connectivity index is 1.76. The number of halogens is 2. The minimum Gasteiger partial charge on any atom is -0.507 e. The average molecular weight is 487 g/mol. The average Bonchev–Trinajstić information content (AvgIpc) is 3.17. The van der Waals surface area contributed by atoms with Crippen molar-refractivity contribution in [2.75, 3.05) is 12.9 Å². The van der Waals surface area contributed by atoms with E-state index in [2.05, 4.69) is 4.37 Å². The van der Waals surface area contributed by atoms with Crippen molar-refractivity contribution in [3.63, 3.8) is 0 Å². The lowest BCUT2D eigenvalue weighted by atomic mass is 10.00. The van der Waals surface area contributed by atoms with E-state index in [-0.39, 0.29) is 11.5 Å². The maximum Gasteiger partial charge on any atom is 0.271 e. The van der Waals surface area contributed by atoms with Gasteiger partial charge in [0.2, 0.25) is 10.0 Å². The molecular weight excluding hydrogens is 471 g/mol. The van der Waals surface area contributed by atoms with E-state index in [0.717, 1.165) is 17.4 Å². The predicted octanol–water partition coefficient (Wildman–Crippen LogP) is 3.87. The first-order valence-corrected chi connectivity index (χ1v) is 11.9. The van der Waals surface area contributed by atoms with E-state index in [1.807, 2.05) is 11.4 Å². The van der Waals surface area contributed by atoms with Gasteiger partial charge in [-0.2, -0.15) is 0 Å². The van der Waals surface area contributed by atoms with Crippen molar-refractivity contribution in [3.8, 4) is 22.6 Å². The van der Waals surface area contributed by atoms with Crippen LogP contribution in [0.2, 0.25) is 10.0 Å². The molecule has 0 aliphatic rings. The summed E-state index contributed by atoms with van der Waals surface area (Å²) in [5.41, 5.74) is 2.99. The molecule has 0 radical (unpaired) electrons. The molecule has 2 aromatic carbocycles. The summed E-state index contributed by atoms with van der Waals surface area (Å²) < 4.78 is 33.2. The second-order valence-corrected chi connectivity index (χ2v) is 9.61. The van der Waals surface area contributed by atoms with Crippen LogP contribution in [0.3, 0.4) is 0 Å². The summed E-state index contributed by atoms with van der Waals surface area (Å²) >= 11 is 14.0. The Hall–Kier alpha value is -2.33. The molecule has 0 atom stereocenters. The van der Waals surface area contributed by atoms with Gasteiger partial charge in [-0.25, -0.2) is 12.8 Å². The van der Waals surface area contributed by atoms with Crippen LogP contribution in [0.25, 0.3) is 11.1 Å². The smallest absolute Gasteiger partial charge is 0.271 e. The van der Waals surface area contributed by atoms with E-state index in [0.29, 0.717) is 27.6 Å². The van der Waals surface area contributed by atoms with Gasteiger partial charge in [-0.15, -0.1) is 0 Å². The molecule has 1 amide bonds. The normalized spacial score (nSPS) is 11.3. The van der Waals surface area contributed by atoms with Gasteiger partial charge in [-0.3, -0.25) is 9.52 Å². The molecule has 0 saturated heterocycles. The number of ether oxygens (including phenoxy) is 1. The summed E-state index contributed by atoms with van der Waals surface area (Å²) in [6, 6.07) is 8.21. The van der Waals surface area contributed by atoms with Gasteiger partial charge in [0.05, 0.1) is 6.26 Å². The molecule has 0 spiro atoms. The molecule has 30 heavy (non-hydrogen) atoms. The third-order valence-electron chi connectivity index (χ3n) is 3.97. The van der Waals surface area contributed by atoms with Crippen molar-refractivity contribution < 1.29 is 23.1 Å². The Morgan fingerprint density at radius 2 is 1.93 bits per heavy atom. The molecule has 0 aliphatic heterocycles. The Morgan fingerprint density at radius 3 is 2.53 bits per heavy atom. The fraction of sp³-hybridized carbons (Fsp3) is 0.158. The number of aromatic nitrogens is 1. The largest absolute Gasteiger partial charge is 0.507 e. The summed E-state index contributed by atoms with van der Waals surface area (Å²) in [4.78, 5) is 11.6. The molecule has 0 unspecified atom stereocenters. The molecule has 3 rings (SSSR count). The number of nitrogens with zero attached hydrogens (tertiary/aromatic N) is 1. The van der Waals surface area contributed by atoms with Gasteiger partial charge in [0.15, 0.2) is 6.61 Å². The van der Waals surface area contributed by atoms with Crippen molar-refractivity contribution >= 4 is 50.7 Å². The van der Waals surface area contributed by atoms with Crippen LogP contribution in [0.4, 0.5) is 0 Å². The standard InChI is InChI=1S/C19H16Cl2N2O5S2/c1-30(26,27)23-19(25)9-28-13-6-16(20)15(17(21)7-13)5-11-2-3-18(24)14(4-11)12-8-22-29-10-12/h2-4,6-8,10,24H,5,9H2,1H3,(H,23,25). The summed E-state index contributed by atoms with van der Waals surface area (Å²) in [7, 11) is -3.66. The van der Waals surface area contributed by atoms with Crippen molar-refractivity contribution in [2.45, 2.75) is 6.42 Å². The molecule has 2 N–H and O–H groups in total. The van der Waals surface area contributed by atoms with Gasteiger partial charge in [-0.1, -0.05) is 29.3 Å². The first kappa shape index (κ1) is 22.4. The predicted molar refractivity (Wildman–Crippen MR) is 117 cm³/mol. The molecule has 1 aromatic heterocycles. The first-order chi connectivity index (χ1) is 14.1. The van der Waals surface area contributed by atoms with E-state index in [9.17, 15) is 18.3 Å². The van der Waals surface area contributed by atoms with Crippen LogP contribution < -0.4 is 9.46 Å². The number of rotatable bonds is 7. The topological polar surface area (TPSA) is 106 Å². The van der Waals surface area contributed by atoms with Gasteiger partial charge >= 0.3 is 0 Å². The van der Waals surface area contributed by atoms with E-state index >= 15 is 0 Å². The van der Waals surface area contributed by atoms with Gasteiger partial charge in [0, 0.05) is 39.2 Å². The number of sulfonamides is 1. The van der Waals surface area contributed by atoms with Crippen LogP contribution >= 0.6 is 34.7 Å². The van der Waals surface area contributed by atoms with Crippen LogP contribution in [0.1, 0.15) is 11.1 Å². The Bertz CT molecular complexity index is 1160. The second-order valence-electron chi connectivity index (χ2n) is 6.39.